The molecule has 2 spiro atoms. The highest BCUT2D eigenvalue weighted by Gasteiger charge is 2.35. The molecule has 0 atom stereocenters. The lowest BCUT2D eigenvalue weighted by atomic mass is 9.72. The Labute approximate surface area is 190 Å². The van der Waals surface area contributed by atoms with Crippen LogP contribution >= 0.6 is 0 Å². The van der Waals surface area contributed by atoms with Crippen molar-refractivity contribution in [2.75, 3.05) is 66.5 Å². The molecule has 4 nitrogen and oxygen atoms in total. The highest BCUT2D eigenvalue weighted by atomic mass is 15.1. The summed E-state index contributed by atoms with van der Waals surface area (Å²) in [6, 6.07) is 0. The molecule has 4 heteroatoms. The van der Waals surface area contributed by atoms with Crippen molar-refractivity contribution in [2.45, 2.75) is 92.9 Å². The zero-order valence-electron chi connectivity index (χ0n) is 22.2. The van der Waals surface area contributed by atoms with Crippen molar-refractivity contribution >= 4 is 0 Å². The fraction of sp³-hybridized carbons (Fsp3) is 1.00. The molecule has 0 unspecified atom stereocenters. The topological polar surface area (TPSA) is 30.5 Å². The lowest BCUT2D eigenvalue weighted by Gasteiger charge is -2.43. The van der Waals surface area contributed by atoms with Crippen LogP contribution < -0.4 is 10.6 Å². The summed E-state index contributed by atoms with van der Waals surface area (Å²) >= 11 is 0. The van der Waals surface area contributed by atoms with E-state index in [0.717, 1.165) is 5.41 Å². The molecule has 30 heavy (non-hydrogen) atoms. The van der Waals surface area contributed by atoms with Crippen molar-refractivity contribution in [1.29, 1.82) is 0 Å². The number of rotatable bonds is 0. The third-order valence-electron chi connectivity index (χ3n) is 7.32. The molecule has 4 heterocycles. The molecule has 4 rings (SSSR count). The van der Waals surface area contributed by atoms with Gasteiger partial charge in [0.2, 0.25) is 0 Å². The van der Waals surface area contributed by atoms with Gasteiger partial charge in [0.1, 0.15) is 0 Å². The van der Waals surface area contributed by atoms with Crippen molar-refractivity contribution < 1.29 is 0 Å². The Hall–Kier alpha value is -0.160. The van der Waals surface area contributed by atoms with Gasteiger partial charge in [0.15, 0.2) is 0 Å². The summed E-state index contributed by atoms with van der Waals surface area (Å²) in [4.78, 5) is 4.92. The van der Waals surface area contributed by atoms with Crippen LogP contribution in [0.5, 0.6) is 0 Å². The second-order valence-corrected chi connectivity index (χ2v) is 9.14. The Bertz CT molecular complexity index is 317. The van der Waals surface area contributed by atoms with Crippen LogP contribution in [0.15, 0.2) is 0 Å². The molecule has 0 aromatic rings. The average molecular weight is 427 g/mol. The summed E-state index contributed by atoms with van der Waals surface area (Å²) in [6.45, 7) is 22.3. The molecular weight excluding hydrogens is 368 g/mol. The minimum absolute atomic E-state index is 0.685. The van der Waals surface area contributed by atoms with Gasteiger partial charge >= 0.3 is 0 Å². The van der Waals surface area contributed by atoms with E-state index in [2.05, 4.69) is 34.5 Å². The van der Waals surface area contributed by atoms with E-state index in [-0.39, 0.29) is 0 Å². The van der Waals surface area contributed by atoms with E-state index >= 15 is 0 Å². The van der Waals surface area contributed by atoms with Crippen LogP contribution in [0.4, 0.5) is 0 Å². The predicted molar refractivity (Wildman–Crippen MR) is 137 cm³/mol. The van der Waals surface area contributed by atoms with Crippen molar-refractivity contribution in [3.05, 3.63) is 0 Å². The lowest BCUT2D eigenvalue weighted by molar-refractivity contribution is 0.0876. The molecule has 0 aliphatic carbocycles. The molecular formula is C26H58N4. The summed E-state index contributed by atoms with van der Waals surface area (Å²) in [7, 11) is 4.48. The molecule has 4 fully saturated rings. The van der Waals surface area contributed by atoms with Crippen LogP contribution in [0.2, 0.25) is 0 Å². The number of nitrogens with one attached hydrogen (secondary N) is 2. The van der Waals surface area contributed by atoms with Crippen molar-refractivity contribution in [1.82, 2.24) is 20.4 Å². The molecule has 4 saturated heterocycles. The van der Waals surface area contributed by atoms with Crippen LogP contribution in [-0.4, -0.2) is 76.3 Å². The molecule has 2 N–H and O–H groups in total. The zero-order valence-corrected chi connectivity index (χ0v) is 22.2. The van der Waals surface area contributed by atoms with Crippen LogP contribution in [0.25, 0.3) is 0 Å². The van der Waals surface area contributed by atoms with Crippen LogP contribution in [0.1, 0.15) is 92.9 Å². The smallest absolute Gasteiger partial charge is 0.000877 e. The van der Waals surface area contributed by atoms with E-state index in [9.17, 15) is 0 Å². The molecule has 182 valence electrons. The number of piperidine rings is 4. The maximum absolute atomic E-state index is 3.54. The van der Waals surface area contributed by atoms with Crippen LogP contribution in [-0.2, 0) is 0 Å². The summed E-state index contributed by atoms with van der Waals surface area (Å²) in [5.74, 6) is 0. The normalized spacial score (nSPS) is 25.2. The van der Waals surface area contributed by atoms with E-state index in [4.69, 9.17) is 0 Å². The monoisotopic (exact) mass is 426 g/mol. The van der Waals surface area contributed by atoms with Gasteiger partial charge in [0.05, 0.1) is 0 Å². The van der Waals surface area contributed by atoms with Gasteiger partial charge in [0.25, 0.3) is 0 Å². The fourth-order valence-corrected chi connectivity index (χ4v) is 5.10. The van der Waals surface area contributed by atoms with Gasteiger partial charge in [-0.25, -0.2) is 0 Å². The van der Waals surface area contributed by atoms with Crippen molar-refractivity contribution in [3.8, 4) is 0 Å². The average Bonchev–Trinajstić information content (AvgIpc) is 2.84. The molecule has 0 bridgehead atoms. The van der Waals surface area contributed by atoms with E-state index in [1.807, 2.05) is 41.5 Å². The molecule has 4 aliphatic rings. The van der Waals surface area contributed by atoms with E-state index in [1.54, 1.807) is 0 Å². The SMILES string of the molecule is CC.CC.CC.CN1CCC2(CCCNC2)CC1.CN1CCC2(CCNCC2)CC1. The lowest BCUT2D eigenvalue weighted by Crippen LogP contribution is -2.46. The predicted octanol–water partition coefficient (Wildman–Crippen LogP) is 5.24. The van der Waals surface area contributed by atoms with Gasteiger partial charge in [-0.3, -0.25) is 0 Å². The Morgan fingerprint density at radius 3 is 1.33 bits per heavy atom. The first kappa shape index (κ1) is 29.8. The third-order valence-corrected chi connectivity index (χ3v) is 7.32. The molecule has 0 aromatic carbocycles. The van der Waals surface area contributed by atoms with Crippen molar-refractivity contribution in [3.63, 3.8) is 0 Å². The van der Waals surface area contributed by atoms with Crippen molar-refractivity contribution in [2.24, 2.45) is 10.8 Å². The zero-order chi connectivity index (χ0) is 22.9. The van der Waals surface area contributed by atoms with E-state index < -0.39 is 0 Å². The standard InChI is InChI=1S/2C10H20N2.3C2H6/c1-12-8-4-10(5-9-12)2-6-11-7-3-10;1-12-7-4-10(5-8-12)3-2-6-11-9-10;3*1-2/h2*11H,2-9H2,1H3;3*1-2H3. The summed E-state index contributed by atoms with van der Waals surface area (Å²) in [5.41, 5.74) is 1.42. The molecule has 0 amide bonds. The summed E-state index contributed by atoms with van der Waals surface area (Å²) in [6.07, 6.45) is 11.4. The minimum atomic E-state index is 0.685. The second kappa shape index (κ2) is 17.4. The Balaban J connectivity index is 0.000000450. The molecule has 4 aliphatic heterocycles. The number of hydrogen-bond donors (Lipinski definition) is 2. The molecule has 0 radical (unpaired) electrons. The highest BCUT2D eigenvalue weighted by Crippen LogP contribution is 2.39. The van der Waals surface area contributed by atoms with Crippen LogP contribution in [0.3, 0.4) is 0 Å². The minimum Gasteiger partial charge on any atom is -0.317 e. The number of hydrogen-bond acceptors (Lipinski definition) is 4. The van der Waals surface area contributed by atoms with E-state index in [1.165, 1.54) is 104 Å². The number of nitrogens with zero attached hydrogens (tertiary/aromatic N) is 2. The Kier molecular flexibility index (Phi) is 17.3. The maximum atomic E-state index is 3.54. The van der Waals surface area contributed by atoms with E-state index in [0.29, 0.717) is 5.41 Å². The highest BCUT2D eigenvalue weighted by molar-refractivity contribution is 4.90. The first-order valence-corrected chi connectivity index (χ1v) is 13.4. The first-order chi connectivity index (χ1) is 14.6. The largest absolute Gasteiger partial charge is 0.317 e. The Morgan fingerprint density at radius 2 is 0.933 bits per heavy atom. The van der Waals surface area contributed by atoms with Gasteiger partial charge in [-0.1, -0.05) is 41.5 Å². The molecule has 0 aromatic heterocycles. The first-order valence-electron chi connectivity index (χ1n) is 13.4. The fourth-order valence-electron chi connectivity index (χ4n) is 5.10. The van der Waals surface area contributed by atoms with Gasteiger partial charge in [-0.15, -0.1) is 0 Å². The third kappa shape index (κ3) is 10.4. The summed E-state index contributed by atoms with van der Waals surface area (Å²) in [5, 5.41) is 7.00. The quantitative estimate of drug-likeness (QED) is 0.554. The van der Waals surface area contributed by atoms with Gasteiger partial charge in [-0.2, -0.15) is 0 Å². The summed E-state index contributed by atoms with van der Waals surface area (Å²) < 4.78 is 0. The number of likely N-dealkylation sites (tertiary alicyclic amines) is 2. The molecule has 0 saturated carbocycles. The maximum Gasteiger partial charge on any atom is 0.000877 e. The van der Waals surface area contributed by atoms with Gasteiger partial charge < -0.3 is 20.4 Å². The van der Waals surface area contributed by atoms with Crippen LogP contribution in [0, 0.1) is 10.8 Å². The van der Waals surface area contributed by atoms with Gasteiger partial charge in [-0.05, 0) is 122 Å². The second-order valence-electron chi connectivity index (χ2n) is 9.14. The van der Waals surface area contributed by atoms with Gasteiger partial charge in [0, 0.05) is 6.54 Å². The Morgan fingerprint density at radius 1 is 0.500 bits per heavy atom.